The molecule has 3 nitrogen and oxygen atoms in total. The third kappa shape index (κ3) is 13.8. The molecule has 0 atom stereocenters. The van der Waals surface area contributed by atoms with Gasteiger partial charge >= 0.3 is 5.97 Å². The first-order valence-electron chi connectivity index (χ1n) is 8.33. The minimum absolute atomic E-state index is 0.0757. The van der Waals surface area contributed by atoms with Gasteiger partial charge in [-0.05, 0) is 71.8 Å². The predicted octanol–water partition coefficient (Wildman–Crippen LogP) is 5.19. The third-order valence-corrected chi connectivity index (χ3v) is 3.59. The second-order valence-corrected chi connectivity index (χ2v) is 6.30. The van der Waals surface area contributed by atoms with Crippen LogP contribution in [0.1, 0.15) is 66.2 Å². The summed E-state index contributed by atoms with van der Waals surface area (Å²) in [4.78, 5) is 10.5. The molecule has 0 aromatic rings. The van der Waals surface area contributed by atoms with Gasteiger partial charge in [0.15, 0.2) is 0 Å². The van der Waals surface area contributed by atoms with Crippen molar-refractivity contribution in [2.24, 2.45) is 0 Å². The maximum atomic E-state index is 10.5. The molecule has 0 aromatic carbocycles. The molecule has 0 amide bonds. The molecule has 0 aliphatic heterocycles. The van der Waals surface area contributed by atoms with Gasteiger partial charge < -0.3 is 10.2 Å². The van der Waals surface area contributed by atoms with E-state index in [-0.39, 0.29) is 6.61 Å². The number of allylic oxidation sites excluding steroid dienone is 6. The Bertz CT molecular complexity index is 475. The normalized spacial score (nSPS) is 13.2. The smallest absolute Gasteiger partial charge is 0.328 e. The molecule has 2 N–H and O–H groups in total. The van der Waals surface area contributed by atoms with Crippen molar-refractivity contribution in [2.45, 2.75) is 66.2 Å². The first-order valence-corrected chi connectivity index (χ1v) is 8.33. The summed E-state index contributed by atoms with van der Waals surface area (Å²) < 4.78 is 0. The topological polar surface area (TPSA) is 57.5 Å². The molecule has 23 heavy (non-hydrogen) atoms. The maximum absolute atomic E-state index is 10.5. The highest BCUT2D eigenvalue weighted by molar-refractivity contribution is 5.80. The Morgan fingerprint density at radius 3 is 1.96 bits per heavy atom. The highest BCUT2D eigenvalue weighted by Crippen LogP contribution is 2.13. The van der Waals surface area contributed by atoms with E-state index in [1.165, 1.54) is 17.2 Å². The van der Waals surface area contributed by atoms with E-state index in [1.54, 1.807) is 0 Å². The number of carboxylic acid groups (broad SMARTS) is 1. The van der Waals surface area contributed by atoms with Gasteiger partial charge in [0.2, 0.25) is 0 Å². The van der Waals surface area contributed by atoms with Crippen molar-refractivity contribution in [1.82, 2.24) is 0 Å². The fraction of sp³-hybridized carbons (Fsp3) is 0.550. The van der Waals surface area contributed by atoms with E-state index in [0.29, 0.717) is 6.42 Å². The highest BCUT2D eigenvalue weighted by Gasteiger charge is 1.98. The summed E-state index contributed by atoms with van der Waals surface area (Å²) >= 11 is 0. The first kappa shape index (κ1) is 21.4. The van der Waals surface area contributed by atoms with Gasteiger partial charge in [0.1, 0.15) is 0 Å². The molecule has 0 saturated heterocycles. The van der Waals surface area contributed by atoms with Crippen LogP contribution < -0.4 is 0 Å². The van der Waals surface area contributed by atoms with Gasteiger partial charge in [0.25, 0.3) is 0 Å². The van der Waals surface area contributed by atoms with Crippen molar-refractivity contribution in [3.05, 3.63) is 46.6 Å². The van der Waals surface area contributed by atoms with Crippen LogP contribution in [0.5, 0.6) is 0 Å². The van der Waals surface area contributed by atoms with Gasteiger partial charge in [-0.25, -0.2) is 4.79 Å². The van der Waals surface area contributed by atoms with Crippen molar-refractivity contribution in [3.8, 4) is 0 Å². The van der Waals surface area contributed by atoms with Crippen molar-refractivity contribution in [1.29, 1.82) is 0 Å². The fourth-order valence-electron chi connectivity index (χ4n) is 2.23. The SMILES string of the molecule is CC(C)=CCC/C(C)=C/CC/C(=C\CC/C(C)=C/C(=O)O)CO. The minimum atomic E-state index is -0.900. The summed E-state index contributed by atoms with van der Waals surface area (Å²) in [6.07, 6.45) is 13.2. The zero-order valence-corrected chi connectivity index (χ0v) is 15.1. The number of carbonyl (C=O) groups is 1. The van der Waals surface area contributed by atoms with Crippen LogP contribution in [0.2, 0.25) is 0 Å². The van der Waals surface area contributed by atoms with E-state index in [4.69, 9.17) is 5.11 Å². The van der Waals surface area contributed by atoms with Gasteiger partial charge in [0.05, 0.1) is 6.61 Å². The Morgan fingerprint density at radius 2 is 1.39 bits per heavy atom. The van der Waals surface area contributed by atoms with Crippen molar-refractivity contribution >= 4 is 5.97 Å². The molecular formula is C20H32O3. The van der Waals surface area contributed by atoms with Gasteiger partial charge in [0, 0.05) is 6.08 Å². The molecule has 0 aliphatic carbocycles. The number of hydrogen-bond acceptors (Lipinski definition) is 2. The summed E-state index contributed by atoms with van der Waals surface area (Å²) in [5.74, 6) is -0.900. The molecule has 0 bridgehead atoms. The van der Waals surface area contributed by atoms with Crippen LogP contribution in [-0.4, -0.2) is 22.8 Å². The summed E-state index contributed by atoms with van der Waals surface area (Å²) in [6, 6.07) is 0. The number of aliphatic hydroxyl groups excluding tert-OH is 1. The quantitative estimate of drug-likeness (QED) is 0.407. The monoisotopic (exact) mass is 320 g/mol. The fourth-order valence-corrected chi connectivity index (χ4v) is 2.23. The van der Waals surface area contributed by atoms with E-state index in [2.05, 4.69) is 32.9 Å². The second kappa shape index (κ2) is 12.9. The van der Waals surface area contributed by atoms with E-state index in [0.717, 1.165) is 43.3 Å². The molecule has 0 radical (unpaired) electrons. The molecule has 0 rings (SSSR count). The van der Waals surface area contributed by atoms with Crippen LogP contribution in [-0.2, 0) is 4.79 Å². The molecule has 0 saturated carbocycles. The summed E-state index contributed by atoms with van der Waals surface area (Å²) in [5.41, 5.74) is 4.62. The summed E-state index contributed by atoms with van der Waals surface area (Å²) in [6.45, 7) is 8.28. The number of aliphatic hydroxyl groups is 1. The molecule has 130 valence electrons. The van der Waals surface area contributed by atoms with Crippen LogP contribution in [0.3, 0.4) is 0 Å². The highest BCUT2D eigenvalue weighted by atomic mass is 16.4. The molecule has 0 spiro atoms. The molecule has 0 heterocycles. The zero-order chi connectivity index (χ0) is 17.7. The molecule has 0 fully saturated rings. The lowest BCUT2D eigenvalue weighted by Gasteiger charge is -2.04. The van der Waals surface area contributed by atoms with E-state index in [9.17, 15) is 9.90 Å². The lowest BCUT2D eigenvalue weighted by Crippen LogP contribution is -1.92. The number of hydrogen-bond donors (Lipinski definition) is 2. The summed E-state index contributed by atoms with van der Waals surface area (Å²) in [7, 11) is 0. The Hall–Kier alpha value is -1.61. The van der Waals surface area contributed by atoms with E-state index >= 15 is 0 Å². The van der Waals surface area contributed by atoms with Crippen LogP contribution in [0.25, 0.3) is 0 Å². The second-order valence-electron chi connectivity index (χ2n) is 6.30. The van der Waals surface area contributed by atoms with Crippen LogP contribution in [0.15, 0.2) is 46.6 Å². The molecule has 0 aliphatic rings. The third-order valence-electron chi connectivity index (χ3n) is 3.59. The van der Waals surface area contributed by atoms with E-state index in [1.807, 2.05) is 13.0 Å². The van der Waals surface area contributed by atoms with Crippen molar-refractivity contribution in [3.63, 3.8) is 0 Å². The molecular weight excluding hydrogens is 288 g/mol. The van der Waals surface area contributed by atoms with Crippen LogP contribution in [0.4, 0.5) is 0 Å². The van der Waals surface area contributed by atoms with Gasteiger partial charge in [-0.3, -0.25) is 0 Å². The van der Waals surface area contributed by atoms with Crippen molar-refractivity contribution in [2.75, 3.05) is 6.61 Å². The zero-order valence-electron chi connectivity index (χ0n) is 15.1. The maximum Gasteiger partial charge on any atom is 0.328 e. The number of rotatable bonds is 11. The van der Waals surface area contributed by atoms with E-state index < -0.39 is 5.97 Å². The average Bonchev–Trinajstić information content (AvgIpc) is 2.44. The van der Waals surface area contributed by atoms with Crippen LogP contribution in [0, 0.1) is 0 Å². The lowest BCUT2D eigenvalue weighted by atomic mass is 10.0. The Balaban J connectivity index is 4.20. The summed E-state index contributed by atoms with van der Waals surface area (Å²) in [5, 5.41) is 18.1. The molecule has 0 unspecified atom stereocenters. The average molecular weight is 320 g/mol. The Kier molecular flexibility index (Phi) is 12.0. The minimum Gasteiger partial charge on any atom is -0.478 e. The number of aliphatic carboxylic acids is 1. The first-order chi connectivity index (χ1) is 10.8. The van der Waals surface area contributed by atoms with Gasteiger partial charge in [-0.15, -0.1) is 0 Å². The van der Waals surface area contributed by atoms with Gasteiger partial charge in [-0.1, -0.05) is 34.9 Å². The molecule has 3 heteroatoms. The Labute approximate surface area is 141 Å². The molecule has 0 aromatic heterocycles. The predicted molar refractivity (Wildman–Crippen MR) is 97.5 cm³/mol. The van der Waals surface area contributed by atoms with Crippen molar-refractivity contribution < 1.29 is 15.0 Å². The standard InChI is InChI=1S/C20H32O3/c1-16(2)8-5-9-17(3)10-6-12-19(15-21)13-7-11-18(4)14-20(22)23/h8,10,13-14,21H,5-7,9,11-12,15H2,1-4H3,(H,22,23)/b17-10+,18-14+,19-13+. The number of carboxylic acids is 1. The largest absolute Gasteiger partial charge is 0.478 e. The lowest BCUT2D eigenvalue weighted by molar-refractivity contribution is -0.131. The van der Waals surface area contributed by atoms with Crippen LogP contribution >= 0.6 is 0 Å². The Morgan fingerprint density at radius 1 is 0.826 bits per heavy atom. The van der Waals surface area contributed by atoms with Gasteiger partial charge in [-0.2, -0.15) is 0 Å².